The monoisotopic (exact) mass is 494 g/mol. The Hall–Kier alpha value is -2.61. The molecule has 0 radical (unpaired) electrons. The minimum atomic E-state index is -4.05. The molecule has 9 heteroatoms. The van der Waals surface area contributed by atoms with Gasteiger partial charge in [0.05, 0.1) is 15.6 Å². The number of nitrogens with zero attached hydrogens (tertiary/aromatic N) is 1. The van der Waals surface area contributed by atoms with Crippen molar-refractivity contribution in [3.8, 4) is 0 Å². The number of aryl methyl sites for hydroxylation is 1. The molecule has 0 heterocycles. The Labute approximate surface area is 196 Å². The summed E-state index contributed by atoms with van der Waals surface area (Å²) in [6.45, 7) is -0.112. The fourth-order valence-electron chi connectivity index (χ4n) is 3.06. The zero-order chi connectivity index (χ0) is 23.1. The van der Waals surface area contributed by atoms with E-state index in [2.05, 4.69) is 5.32 Å². The Morgan fingerprint density at radius 3 is 2.31 bits per heavy atom. The zero-order valence-electron chi connectivity index (χ0n) is 17.0. The molecule has 0 aliphatic rings. The Morgan fingerprint density at radius 1 is 0.969 bits per heavy atom. The third-order valence-electron chi connectivity index (χ3n) is 4.67. The van der Waals surface area contributed by atoms with Crippen LogP contribution in [0, 0.1) is 5.82 Å². The molecule has 0 fully saturated rings. The fraction of sp³-hybridized carbons (Fsp3) is 0.174. The number of benzene rings is 3. The van der Waals surface area contributed by atoms with E-state index in [9.17, 15) is 17.6 Å². The average Bonchev–Trinajstić information content (AvgIpc) is 2.77. The van der Waals surface area contributed by atoms with Gasteiger partial charge in [0.1, 0.15) is 12.4 Å². The minimum Gasteiger partial charge on any atom is -0.355 e. The Balaban J connectivity index is 1.72. The molecule has 3 aromatic carbocycles. The number of amides is 1. The second-order valence-electron chi connectivity index (χ2n) is 7.00. The molecule has 3 aromatic rings. The summed E-state index contributed by atoms with van der Waals surface area (Å²) in [5, 5.41) is 3.19. The number of sulfonamides is 1. The molecule has 0 saturated carbocycles. The van der Waals surface area contributed by atoms with Crippen molar-refractivity contribution in [1.29, 1.82) is 0 Å². The number of nitrogens with one attached hydrogen (secondary N) is 1. The van der Waals surface area contributed by atoms with Gasteiger partial charge in [0.25, 0.3) is 10.0 Å². The minimum absolute atomic E-state index is 0.0372. The van der Waals surface area contributed by atoms with Crippen molar-refractivity contribution in [3.63, 3.8) is 0 Å². The predicted octanol–water partition coefficient (Wildman–Crippen LogP) is 5.08. The quantitative estimate of drug-likeness (QED) is 0.422. The summed E-state index contributed by atoms with van der Waals surface area (Å²) >= 11 is 12.2. The molecule has 1 N–H and O–H groups in total. The average molecular weight is 495 g/mol. The van der Waals surface area contributed by atoms with Gasteiger partial charge in [0.2, 0.25) is 5.91 Å². The molecular formula is C23H21Cl2FN2O3S. The number of rotatable bonds is 9. The molecular weight excluding hydrogens is 474 g/mol. The molecule has 0 unspecified atom stereocenters. The van der Waals surface area contributed by atoms with Crippen LogP contribution < -0.4 is 9.62 Å². The molecule has 168 valence electrons. The van der Waals surface area contributed by atoms with Crippen LogP contribution in [-0.2, 0) is 21.2 Å². The molecule has 0 bridgehead atoms. The topological polar surface area (TPSA) is 66.5 Å². The summed E-state index contributed by atoms with van der Waals surface area (Å²) in [5.41, 5.74) is 1.10. The second-order valence-corrected chi connectivity index (χ2v) is 9.71. The molecule has 0 aromatic heterocycles. The van der Waals surface area contributed by atoms with Crippen molar-refractivity contribution in [3.05, 3.63) is 94.2 Å². The van der Waals surface area contributed by atoms with Crippen LogP contribution in [0.25, 0.3) is 0 Å². The summed E-state index contributed by atoms with van der Waals surface area (Å²) in [6, 6.07) is 18.4. The van der Waals surface area contributed by atoms with Crippen LogP contribution in [0.2, 0.25) is 10.0 Å². The lowest BCUT2D eigenvalue weighted by molar-refractivity contribution is -0.119. The highest BCUT2D eigenvalue weighted by atomic mass is 35.5. The fourth-order valence-corrected chi connectivity index (χ4v) is 5.08. The van der Waals surface area contributed by atoms with Crippen molar-refractivity contribution in [2.75, 3.05) is 17.4 Å². The van der Waals surface area contributed by atoms with Crippen molar-refractivity contribution in [2.24, 2.45) is 0 Å². The summed E-state index contributed by atoms with van der Waals surface area (Å²) in [5.74, 6) is -0.780. The first-order valence-electron chi connectivity index (χ1n) is 9.81. The SMILES string of the molecule is O=C(CN(c1ccc(Cl)cc1Cl)S(=O)(=O)c1ccccc1)NCCCc1ccc(F)cc1. The molecule has 3 rings (SSSR count). The van der Waals surface area contributed by atoms with Crippen molar-refractivity contribution in [1.82, 2.24) is 5.32 Å². The van der Waals surface area contributed by atoms with Gasteiger partial charge in [-0.15, -0.1) is 0 Å². The molecule has 32 heavy (non-hydrogen) atoms. The first-order chi connectivity index (χ1) is 15.3. The molecule has 5 nitrogen and oxygen atoms in total. The van der Waals surface area contributed by atoms with Gasteiger partial charge in [0.15, 0.2) is 0 Å². The van der Waals surface area contributed by atoms with E-state index in [1.165, 1.54) is 42.5 Å². The summed E-state index contributed by atoms with van der Waals surface area (Å²) in [4.78, 5) is 12.6. The highest BCUT2D eigenvalue weighted by Gasteiger charge is 2.28. The molecule has 1 amide bonds. The van der Waals surface area contributed by atoms with Gasteiger partial charge in [0, 0.05) is 11.6 Å². The largest absolute Gasteiger partial charge is 0.355 e. The summed E-state index contributed by atoms with van der Waals surface area (Å²) < 4.78 is 40.5. The first kappa shape index (κ1) is 24.0. The first-order valence-corrected chi connectivity index (χ1v) is 12.0. The van der Waals surface area contributed by atoms with Gasteiger partial charge in [-0.25, -0.2) is 12.8 Å². The number of carbonyl (C=O) groups is 1. The van der Waals surface area contributed by atoms with E-state index in [-0.39, 0.29) is 21.4 Å². The third-order valence-corrected chi connectivity index (χ3v) is 6.99. The van der Waals surface area contributed by atoms with E-state index in [0.717, 1.165) is 9.87 Å². The van der Waals surface area contributed by atoms with Gasteiger partial charge in [-0.05, 0) is 60.9 Å². The van der Waals surface area contributed by atoms with Crippen LogP contribution in [-0.4, -0.2) is 27.4 Å². The smallest absolute Gasteiger partial charge is 0.264 e. The van der Waals surface area contributed by atoms with Gasteiger partial charge in [-0.3, -0.25) is 9.10 Å². The highest BCUT2D eigenvalue weighted by molar-refractivity contribution is 7.92. The van der Waals surface area contributed by atoms with E-state index in [1.54, 1.807) is 30.3 Å². The third kappa shape index (κ3) is 6.22. The lowest BCUT2D eigenvalue weighted by atomic mass is 10.1. The predicted molar refractivity (Wildman–Crippen MR) is 125 cm³/mol. The normalized spacial score (nSPS) is 11.2. The molecule has 0 saturated heterocycles. The number of anilines is 1. The van der Waals surface area contributed by atoms with Crippen LogP contribution in [0.3, 0.4) is 0 Å². The molecule has 0 spiro atoms. The van der Waals surface area contributed by atoms with E-state index >= 15 is 0 Å². The second kappa shape index (κ2) is 10.8. The Bertz CT molecular complexity index is 1170. The van der Waals surface area contributed by atoms with Crippen LogP contribution in [0.15, 0.2) is 77.7 Å². The van der Waals surface area contributed by atoms with Crippen LogP contribution >= 0.6 is 23.2 Å². The maximum Gasteiger partial charge on any atom is 0.264 e. The van der Waals surface area contributed by atoms with E-state index in [1.807, 2.05) is 0 Å². The van der Waals surface area contributed by atoms with Crippen LogP contribution in [0.4, 0.5) is 10.1 Å². The van der Waals surface area contributed by atoms with Crippen LogP contribution in [0.1, 0.15) is 12.0 Å². The van der Waals surface area contributed by atoms with Crippen molar-refractivity contribution >= 4 is 44.8 Å². The lowest BCUT2D eigenvalue weighted by Gasteiger charge is -2.25. The number of hydrogen-bond acceptors (Lipinski definition) is 3. The van der Waals surface area contributed by atoms with Crippen LogP contribution in [0.5, 0.6) is 0 Å². The standard InChI is InChI=1S/C23H21Cl2FN2O3S/c24-18-10-13-22(21(25)15-18)28(32(30,31)20-6-2-1-3-7-20)16-23(29)27-14-4-5-17-8-11-19(26)12-9-17/h1-3,6-13,15H,4-5,14,16H2,(H,27,29). The van der Waals surface area contributed by atoms with E-state index in [4.69, 9.17) is 23.2 Å². The highest BCUT2D eigenvalue weighted by Crippen LogP contribution is 2.32. The summed E-state index contributed by atoms with van der Waals surface area (Å²) in [7, 11) is -4.05. The lowest BCUT2D eigenvalue weighted by Crippen LogP contribution is -2.41. The molecule has 0 aliphatic carbocycles. The Morgan fingerprint density at radius 2 is 1.66 bits per heavy atom. The zero-order valence-corrected chi connectivity index (χ0v) is 19.3. The Kier molecular flexibility index (Phi) is 8.12. The summed E-state index contributed by atoms with van der Waals surface area (Å²) in [6.07, 6.45) is 1.26. The van der Waals surface area contributed by atoms with E-state index < -0.39 is 22.5 Å². The van der Waals surface area contributed by atoms with Gasteiger partial charge in [-0.2, -0.15) is 0 Å². The van der Waals surface area contributed by atoms with Gasteiger partial charge in [-0.1, -0.05) is 53.5 Å². The maximum atomic E-state index is 13.3. The number of halogens is 3. The number of hydrogen-bond donors (Lipinski definition) is 1. The van der Waals surface area contributed by atoms with E-state index in [0.29, 0.717) is 24.4 Å². The number of carbonyl (C=O) groups excluding carboxylic acids is 1. The van der Waals surface area contributed by atoms with Gasteiger partial charge < -0.3 is 5.32 Å². The molecule has 0 atom stereocenters. The molecule has 0 aliphatic heterocycles. The van der Waals surface area contributed by atoms with Gasteiger partial charge >= 0.3 is 0 Å². The maximum absolute atomic E-state index is 13.3. The van der Waals surface area contributed by atoms with Crippen molar-refractivity contribution < 1.29 is 17.6 Å². The van der Waals surface area contributed by atoms with Crippen molar-refractivity contribution in [2.45, 2.75) is 17.7 Å².